The van der Waals surface area contributed by atoms with Crippen LogP contribution in [0.25, 0.3) is 0 Å². The largest absolute Gasteiger partial charge is 0.378 e. The number of ether oxygens (including phenoxy) is 1. The second-order valence-electron chi connectivity index (χ2n) is 6.08. The minimum absolute atomic E-state index is 0.492. The third-order valence-corrected chi connectivity index (χ3v) is 4.29. The molecule has 0 aromatic carbocycles. The fourth-order valence-corrected chi connectivity index (χ4v) is 2.92. The fourth-order valence-electron chi connectivity index (χ4n) is 2.92. The molecular formula is C18H30N2O. The van der Waals surface area contributed by atoms with Crippen LogP contribution in [0.2, 0.25) is 0 Å². The van der Waals surface area contributed by atoms with Gasteiger partial charge in [0, 0.05) is 31.0 Å². The molecule has 2 rings (SSSR count). The van der Waals surface area contributed by atoms with Crippen molar-refractivity contribution in [2.24, 2.45) is 0 Å². The zero-order chi connectivity index (χ0) is 14.9. The van der Waals surface area contributed by atoms with Crippen molar-refractivity contribution in [2.75, 3.05) is 13.2 Å². The highest BCUT2D eigenvalue weighted by molar-refractivity contribution is 5.14. The van der Waals surface area contributed by atoms with Crippen LogP contribution in [0.5, 0.6) is 0 Å². The first kappa shape index (κ1) is 16.4. The van der Waals surface area contributed by atoms with Crippen LogP contribution in [-0.4, -0.2) is 30.3 Å². The third kappa shape index (κ3) is 5.76. The van der Waals surface area contributed by atoms with Crippen LogP contribution >= 0.6 is 0 Å². The molecule has 2 heterocycles. The lowest BCUT2D eigenvalue weighted by Gasteiger charge is -2.20. The van der Waals surface area contributed by atoms with Gasteiger partial charge in [-0.25, -0.2) is 0 Å². The average molecular weight is 290 g/mol. The van der Waals surface area contributed by atoms with Gasteiger partial charge >= 0.3 is 0 Å². The molecule has 0 bridgehead atoms. The van der Waals surface area contributed by atoms with E-state index in [2.05, 4.69) is 36.3 Å². The number of pyridine rings is 1. The molecule has 0 saturated carbocycles. The lowest BCUT2D eigenvalue weighted by molar-refractivity contribution is 0.0995. The van der Waals surface area contributed by atoms with Crippen LogP contribution in [0, 0.1) is 0 Å². The second-order valence-corrected chi connectivity index (χ2v) is 6.08. The Morgan fingerprint density at radius 2 is 2.29 bits per heavy atom. The van der Waals surface area contributed by atoms with Crippen molar-refractivity contribution in [3.05, 3.63) is 29.6 Å². The van der Waals surface area contributed by atoms with Crippen LogP contribution in [0.3, 0.4) is 0 Å². The third-order valence-electron chi connectivity index (χ3n) is 4.29. The van der Waals surface area contributed by atoms with Crippen LogP contribution in [-0.2, 0) is 17.6 Å². The van der Waals surface area contributed by atoms with Gasteiger partial charge in [0.1, 0.15) is 0 Å². The molecule has 1 fully saturated rings. The molecule has 0 radical (unpaired) electrons. The van der Waals surface area contributed by atoms with Crippen molar-refractivity contribution in [3.8, 4) is 0 Å². The summed E-state index contributed by atoms with van der Waals surface area (Å²) in [5, 5.41) is 3.67. The van der Waals surface area contributed by atoms with Crippen molar-refractivity contribution >= 4 is 0 Å². The zero-order valence-corrected chi connectivity index (χ0v) is 13.6. The summed E-state index contributed by atoms with van der Waals surface area (Å²) in [6, 6.07) is 4.92. The van der Waals surface area contributed by atoms with Gasteiger partial charge in [-0.2, -0.15) is 0 Å². The van der Waals surface area contributed by atoms with E-state index in [4.69, 9.17) is 4.74 Å². The van der Waals surface area contributed by atoms with E-state index in [-0.39, 0.29) is 0 Å². The van der Waals surface area contributed by atoms with Gasteiger partial charge in [-0.1, -0.05) is 19.9 Å². The molecule has 1 saturated heterocycles. The molecule has 2 atom stereocenters. The average Bonchev–Trinajstić information content (AvgIpc) is 3.04. The Morgan fingerprint density at radius 1 is 1.38 bits per heavy atom. The van der Waals surface area contributed by atoms with Crippen LogP contribution < -0.4 is 5.32 Å². The second kappa shape index (κ2) is 9.16. The number of nitrogens with one attached hydrogen (secondary N) is 1. The first-order chi connectivity index (χ1) is 10.3. The Bertz CT molecular complexity index is 385. The minimum atomic E-state index is 0.492. The van der Waals surface area contributed by atoms with Gasteiger partial charge in [-0.05, 0) is 56.7 Å². The number of nitrogens with zero attached hydrogens (tertiary/aromatic N) is 1. The van der Waals surface area contributed by atoms with Crippen molar-refractivity contribution in [1.29, 1.82) is 0 Å². The fraction of sp³-hybridized carbons (Fsp3) is 0.722. The van der Waals surface area contributed by atoms with Crippen molar-refractivity contribution in [1.82, 2.24) is 10.3 Å². The van der Waals surface area contributed by atoms with E-state index in [1.165, 1.54) is 43.4 Å². The normalized spacial score (nSPS) is 19.8. The van der Waals surface area contributed by atoms with Crippen LogP contribution in [0.15, 0.2) is 18.3 Å². The molecule has 1 aliphatic rings. The molecule has 1 aliphatic heterocycles. The summed E-state index contributed by atoms with van der Waals surface area (Å²) in [7, 11) is 0. The van der Waals surface area contributed by atoms with Gasteiger partial charge in [0.15, 0.2) is 0 Å². The Labute approximate surface area is 129 Å². The van der Waals surface area contributed by atoms with Gasteiger partial charge < -0.3 is 10.1 Å². The summed E-state index contributed by atoms with van der Waals surface area (Å²) in [6.45, 7) is 6.43. The van der Waals surface area contributed by atoms with Gasteiger partial charge in [-0.15, -0.1) is 0 Å². The number of aromatic nitrogens is 1. The van der Waals surface area contributed by atoms with Crippen LogP contribution in [0.4, 0.5) is 0 Å². The number of hydrogen-bond acceptors (Lipinski definition) is 3. The Kier molecular flexibility index (Phi) is 7.17. The Balaban J connectivity index is 1.84. The van der Waals surface area contributed by atoms with Crippen molar-refractivity contribution in [2.45, 2.75) is 70.9 Å². The van der Waals surface area contributed by atoms with E-state index < -0.39 is 0 Å². The van der Waals surface area contributed by atoms with Crippen molar-refractivity contribution in [3.63, 3.8) is 0 Å². The highest BCUT2D eigenvalue weighted by Crippen LogP contribution is 2.18. The molecule has 1 aromatic heterocycles. The van der Waals surface area contributed by atoms with E-state index in [9.17, 15) is 0 Å². The highest BCUT2D eigenvalue weighted by atomic mass is 16.5. The molecular weight excluding hydrogens is 260 g/mol. The van der Waals surface area contributed by atoms with Gasteiger partial charge in [-0.3, -0.25) is 4.98 Å². The number of hydrogen-bond donors (Lipinski definition) is 1. The quantitative estimate of drug-likeness (QED) is 0.755. The molecule has 2 unspecified atom stereocenters. The molecule has 0 spiro atoms. The standard InChI is InChI=1S/C18H30N2O/c1-3-11-19-16(9-10-18-6-5-12-21-18)13-17-8-7-15(4-2)14-20-17/h7-8,14,16,18-19H,3-6,9-13H2,1-2H3. The van der Waals surface area contributed by atoms with E-state index >= 15 is 0 Å². The molecule has 3 heteroatoms. The van der Waals surface area contributed by atoms with Gasteiger partial charge in [0.2, 0.25) is 0 Å². The Morgan fingerprint density at radius 3 is 2.90 bits per heavy atom. The summed E-state index contributed by atoms with van der Waals surface area (Å²) in [6.07, 6.45) is 10.6. The molecule has 0 amide bonds. The molecule has 118 valence electrons. The smallest absolute Gasteiger partial charge is 0.0576 e. The molecule has 21 heavy (non-hydrogen) atoms. The van der Waals surface area contributed by atoms with E-state index in [1.54, 1.807) is 0 Å². The monoisotopic (exact) mass is 290 g/mol. The molecule has 1 aromatic rings. The summed E-state index contributed by atoms with van der Waals surface area (Å²) < 4.78 is 5.74. The molecule has 3 nitrogen and oxygen atoms in total. The Hall–Kier alpha value is -0.930. The lowest BCUT2D eigenvalue weighted by Crippen LogP contribution is -2.33. The number of rotatable bonds is 9. The van der Waals surface area contributed by atoms with Gasteiger partial charge in [0.25, 0.3) is 0 Å². The first-order valence-corrected chi connectivity index (χ1v) is 8.60. The summed E-state index contributed by atoms with van der Waals surface area (Å²) in [5.74, 6) is 0. The topological polar surface area (TPSA) is 34.1 Å². The predicted octanol–water partition coefficient (Wildman–Crippen LogP) is 3.51. The summed E-state index contributed by atoms with van der Waals surface area (Å²) in [4.78, 5) is 4.61. The van der Waals surface area contributed by atoms with E-state index in [1.807, 2.05) is 6.20 Å². The summed E-state index contributed by atoms with van der Waals surface area (Å²) in [5.41, 5.74) is 2.52. The minimum Gasteiger partial charge on any atom is -0.378 e. The lowest BCUT2D eigenvalue weighted by atomic mass is 10.0. The maximum absolute atomic E-state index is 5.74. The first-order valence-electron chi connectivity index (χ1n) is 8.60. The molecule has 1 N–H and O–H groups in total. The highest BCUT2D eigenvalue weighted by Gasteiger charge is 2.18. The van der Waals surface area contributed by atoms with E-state index in [0.717, 1.165) is 26.0 Å². The molecule has 0 aliphatic carbocycles. The summed E-state index contributed by atoms with van der Waals surface area (Å²) >= 11 is 0. The zero-order valence-electron chi connectivity index (χ0n) is 13.6. The van der Waals surface area contributed by atoms with Gasteiger partial charge in [0.05, 0.1) is 6.10 Å². The predicted molar refractivity (Wildman–Crippen MR) is 87.6 cm³/mol. The SMILES string of the molecule is CCCNC(CCC1CCCO1)Cc1ccc(CC)cn1. The van der Waals surface area contributed by atoms with Crippen molar-refractivity contribution < 1.29 is 4.74 Å². The maximum atomic E-state index is 5.74. The maximum Gasteiger partial charge on any atom is 0.0576 e. The number of aryl methyl sites for hydroxylation is 1. The van der Waals surface area contributed by atoms with Crippen LogP contribution in [0.1, 0.15) is 57.2 Å². The van der Waals surface area contributed by atoms with E-state index in [0.29, 0.717) is 12.1 Å².